The summed E-state index contributed by atoms with van der Waals surface area (Å²) in [4.78, 5) is 16.7. The molecule has 2 aromatic carbocycles. The summed E-state index contributed by atoms with van der Waals surface area (Å²) >= 11 is 1.52. The number of rotatable bonds is 6. The molecular formula is C20H22N2O2S. The van der Waals surface area contributed by atoms with Crippen LogP contribution in [0.3, 0.4) is 0 Å². The number of ether oxygens (including phenoxy) is 1. The highest BCUT2D eigenvalue weighted by molar-refractivity contribution is 7.22. The summed E-state index contributed by atoms with van der Waals surface area (Å²) in [5, 5.41) is 3.56. The number of carbonyl (C=O) groups excluding carboxylic acids is 1. The molecule has 0 aliphatic heterocycles. The van der Waals surface area contributed by atoms with Gasteiger partial charge in [-0.3, -0.25) is 4.79 Å². The van der Waals surface area contributed by atoms with Crippen LogP contribution in [-0.2, 0) is 4.79 Å². The van der Waals surface area contributed by atoms with Crippen molar-refractivity contribution in [2.75, 3.05) is 11.9 Å². The van der Waals surface area contributed by atoms with Gasteiger partial charge in [0.1, 0.15) is 5.75 Å². The first-order chi connectivity index (χ1) is 12.0. The maximum Gasteiger partial charge on any atom is 0.226 e. The third-order valence-corrected chi connectivity index (χ3v) is 4.89. The summed E-state index contributed by atoms with van der Waals surface area (Å²) in [5.74, 6) is 0.849. The van der Waals surface area contributed by atoms with Gasteiger partial charge in [-0.1, -0.05) is 35.6 Å². The molecule has 1 amide bonds. The quantitative estimate of drug-likeness (QED) is 0.632. The molecule has 3 rings (SSSR count). The van der Waals surface area contributed by atoms with Crippen LogP contribution in [-0.4, -0.2) is 17.5 Å². The van der Waals surface area contributed by atoms with E-state index in [1.807, 2.05) is 38.1 Å². The van der Waals surface area contributed by atoms with Gasteiger partial charge in [-0.05, 0) is 56.0 Å². The molecule has 0 radical (unpaired) electrons. The van der Waals surface area contributed by atoms with Gasteiger partial charge in [-0.2, -0.15) is 0 Å². The zero-order chi connectivity index (χ0) is 17.8. The molecule has 0 unspecified atom stereocenters. The maximum absolute atomic E-state index is 12.1. The van der Waals surface area contributed by atoms with Gasteiger partial charge in [0.2, 0.25) is 5.91 Å². The lowest BCUT2D eigenvalue weighted by Gasteiger charge is -2.08. The second-order valence-corrected chi connectivity index (χ2v) is 7.24. The molecule has 3 aromatic rings. The number of aryl methyl sites for hydroxylation is 3. The first-order valence-corrected chi connectivity index (χ1v) is 9.20. The number of anilines is 1. The Hall–Kier alpha value is -2.40. The smallest absolute Gasteiger partial charge is 0.226 e. The van der Waals surface area contributed by atoms with E-state index < -0.39 is 0 Å². The van der Waals surface area contributed by atoms with Crippen LogP contribution < -0.4 is 10.1 Å². The molecule has 0 fully saturated rings. The van der Waals surface area contributed by atoms with Gasteiger partial charge in [0.05, 0.1) is 16.8 Å². The van der Waals surface area contributed by atoms with Gasteiger partial charge in [0, 0.05) is 6.42 Å². The Balaban J connectivity index is 1.51. The van der Waals surface area contributed by atoms with E-state index >= 15 is 0 Å². The van der Waals surface area contributed by atoms with Crippen LogP contribution in [0.25, 0.3) is 10.2 Å². The molecule has 1 heterocycles. The highest BCUT2D eigenvalue weighted by Crippen LogP contribution is 2.29. The molecule has 0 aliphatic rings. The summed E-state index contributed by atoms with van der Waals surface area (Å²) < 4.78 is 6.83. The van der Waals surface area contributed by atoms with E-state index in [9.17, 15) is 4.79 Å². The largest absolute Gasteiger partial charge is 0.493 e. The van der Waals surface area contributed by atoms with Crippen molar-refractivity contribution in [1.82, 2.24) is 4.98 Å². The topological polar surface area (TPSA) is 51.2 Å². The number of nitrogens with zero attached hydrogens (tertiary/aromatic N) is 1. The predicted octanol–water partition coefficient (Wildman–Crippen LogP) is 5.02. The van der Waals surface area contributed by atoms with Crippen LogP contribution in [0.15, 0.2) is 36.4 Å². The lowest BCUT2D eigenvalue weighted by atomic mass is 10.1. The zero-order valence-corrected chi connectivity index (χ0v) is 15.6. The van der Waals surface area contributed by atoms with E-state index in [2.05, 4.69) is 29.4 Å². The highest BCUT2D eigenvalue weighted by Gasteiger charge is 2.10. The number of hydrogen-bond acceptors (Lipinski definition) is 4. The van der Waals surface area contributed by atoms with Crippen molar-refractivity contribution < 1.29 is 9.53 Å². The SMILES string of the molecule is Cc1cc(C)c2nc(NC(=O)CCCOc3ccccc3C)sc2c1. The number of nitrogens with one attached hydrogen (secondary N) is 1. The molecule has 4 nitrogen and oxygen atoms in total. The minimum absolute atomic E-state index is 0.0261. The van der Waals surface area contributed by atoms with Crippen LogP contribution in [0.1, 0.15) is 29.5 Å². The Morgan fingerprint density at radius 2 is 1.96 bits per heavy atom. The zero-order valence-electron chi connectivity index (χ0n) is 14.8. The number of fused-ring (bicyclic) bond motifs is 1. The van der Waals surface area contributed by atoms with Crippen LogP contribution in [0.5, 0.6) is 5.75 Å². The first kappa shape index (κ1) is 17.4. The predicted molar refractivity (Wildman–Crippen MR) is 104 cm³/mol. The van der Waals surface area contributed by atoms with Crippen LogP contribution in [0.4, 0.5) is 5.13 Å². The Morgan fingerprint density at radius 3 is 2.76 bits per heavy atom. The monoisotopic (exact) mass is 354 g/mol. The molecule has 0 spiro atoms. The number of carbonyl (C=O) groups is 1. The van der Waals surface area contributed by atoms with E-state index in [0.717, 1.165) is 27.1 Å². The number of hydrogen-bond donors (Lipinski definition) is 1. The van der Waals surface area contributed by atoms with E-state index in [1.165, 1.54) is 16.9 Å². The third kappa shape index (κ3) is 4.37. The van der Waals surface area contributed by atoms with Crippen LogP contribution >= 0.6 is 11.3 Å². The molecule has 0 aliphatic carbocycles. The average molecular weight is 354 g/mol. The van der Waals surface area contributed by atoms with Crippen LogP contribution in [0, 0.1) is 20.8 Å². The number of thiazole rings is 1. The number of benzene rings is 2. The van der Waals surface area contributed by atoms with E-state index in [0.29, 0.717) is 24.6 Å². The van der Waals surface area contributed by atoms with Crippen molar-refractivity contribution >= 4 is 32.6 Å². The fourth-order valence-corrected chi connectivity index (χ4v) is 3.80. The molecule has 0 saturated heterocycles. The number of para-hydroxylation sites is 1. The Bertz CT molecular complexity index is 902. The van der Waals surface area contributed by atoms with E-state index in [-0.39, 0.29) is 5.91 Å². The lowest BCUT2D eigenvalue weighted by molar-refractivity contribution is -0.116. The fraction of sp³-hybridized carbons (Fsp3) is 0.300. The normalized spacial score (nSPS) is 10.8. The molecule has 1 aromatic heterocycles. The van der Waals surface area contributed by atoms with Crippen molar-refractivity contribution in [3.05, 3.63) is 53.1 Å². The molecule has 0 saturated carbocycles. The van der Waals surface area contributed by atoms with Gasteiger partial charge >= 0.3 is 0 Å². The van der Waals surface area contributed by atoms with Crippen molar-refractivity contribution in [3.63, 3.8) is 0 Å². The van der Waals surface area contributed by atoms with E-state index in [4.69, 9.17) is 4.74 Å². The third-order valence-electron chi connectivity index (χ3n) is 3.98. The minimum atomic E-state index is -0.0261. The van der Waals surface area contributed by atoms with E-state index in [1.54, 1.807) is 0 Å². The van der Waals surface area contributed by atoms with Gasteiger partial charge < -0.3 is 10.1 Å². The number of amides is 1. The lowest BCUT2D eigenvalue weighted by Crippen LogP contribution is -2.12. The van der Waals surface area contributed by atoms with Gasteiger partial charge in [-0.15, -0.1) is 0 Å². The Labute approximate surface area is 151 Å². The molecule has 1 N–H and O–H groups in total. The van der Waals surface area contributed by atoms with Crippen molar-refractivity contribution in [2.24, 2.45) is 0 Å². The Morgan fingerprint density at radius 1 is 1.16 bits per heavy atom. The summed E-state index contributed by atoms with van der Waals surface area (Å²) in [6.07, 6.45) is 1.09. The first-order valence-electron chi connectivity index (χ1n) is 8.39. The van der Waals surface area contributed by atoms with Gasteiger partial charge in [0.15, 0.2) is 5.13 Å². The molecule has 0 bridgehead atoms. The summed E-state index contributed by atoms with van der Waals surface area (Å²) in [6.45, 7) is 6.65. The Kier molecular flexibility index (Phi) is 5.34. The standard InChI is InChI=1S/C20H22N2O2S/c1-13-11-15(3)19-17(12-13)25-20(22-19)21-18(23)9-6-10-24-16-8-5-4-7-14(16)2/h4-5,7-8,11-12H,6,9-10H2,1-3H3,(H,21,22,23). The molecule has 5 heteroatoms. The fourth-order valence-electron chi connectivity index (χ4n) is 2.74. The van der Waals surface area contributed by atoms with Crippen molar-refractivity contribution in [1.29, 1.82) is 0 Å². The second-order valence-electron chi connectivity index (χ2n) is 6.21. The molecule has 25 heavy (non-hydrogen) atoms. The summed E-state index contributed by atoms with van der Waals surface area (Å²) in [5.41, 5.74) is 4.42. The van der Waals surface area contributed by atoms with Gasteiger partial charge in [-0.25, -0.2) is 4.98 Å². The maximum atomic E-state index is 12.1. The van der Waals surface area contributed by atoms with Crippen molar-refractivity contribution in [3.8, 4) is 5.75 Å². The molecule has 130 valence electrons. The highest BCUT2D eigenvalue weighted by atomic mass is 32.1. The molecular weight excluding hydrogens is 332 g/mol. The minimum Gasteiger partial charge on any atom is -0.493 e. The molecule has 0 atom stereocenters. The van der Waals surface area contributed by atoms with Crippen LogP contribution in [0.2, 0.25) is 0 Å². The average Bonchev–Trinajstić information content (AvgIpc) is 2.95. The van der Waals surface area contributed by atoms with Gasteiger partial charge in [0.25, 0.3) is 0 Å². The summed E-state index contributed by atoms with van der Waals surface area (Å²) in [7, 11) is 0. The van der Waals surface area contributed by atoms with Crippen molar-refractivity contribution in [2.45, 2.75) is 33.6 Å². The number of aromatic nitrogens is 1. The summed E-state index contributed by atoms with van der Waals surface area (Å²) in [6, 6.07) is 12.1. The second kappa shape index (κ2) is 7.66.